The van der Waals surface area contributed by atoms with E-state index >= 15 is 0 Å². The van der Waals surface area contributed by atoms with Gasteiger partial charge in [-0.1, -0.05) is 0 Å². The molecule has 0 atom stereocenters. The SMILES string of the molecule is CC(=O)Nc1ccc(OCC=CC(=O)O)cc1. The van der Waals surface area contributed by atoms with E-state index in [0.717, 1.165) is 6.08 Å². The molecule has 2 N–H and O–H groups in total. The molecule has 0 saturated carbocycles. The van der Waals surface area contributed by atoms with Crippen LogP contribution in [0.25, 0.3) is 0 Å². The maximum absolute atomic E-state index is 10.8. The summed E-state index contributed by atoms with van der Waals surface area (Å²) in [5, 5.41) is 11.0. The van der Waals surface area contributed by atoms with Crippen molar-refractivity contribution in [3.63, 3.8) is 0 Å². The molecular formula is C12H13NO4. The quantitative estimate of drug-likeness (QED) is 0.761. The third kappa shape index (κ3) is 5.36. The molecule has 5 nitrogen and oxygen atoms in total. The van der Waals surface area contributed by atoms with Crippen LogP contribution in [0.15, 0.2) is 36.4 Å². The number of anilines is 1. The first kappa shape index (κ1) is 12.8. The molecule has 0 aliphatic rings. The Morgan fingerprint density at radius 3 is 2.53 bits per heavy atom. The number of ether oxygens (including phenoxy) is 1. The Kier molecular flexibility index (Phi) is 4.75. The van der Waals surface area contributed by atoms with E-state index in [0.29, 0.717) is 11.4 Å². The van der Waals surface area contributed by atoms with Gasteiger partial charge in [0.05, 0.1) is 0 Å². The number of carbonyl (C=O) groups is 2. The van der Waals surface area contributed by atoms with Crippen LogP contribution in [-0.4, -0.2) is 23.6 Å². The van der Waals surface area contributed by atoms with E-state index in [4.69, 9.17) is 9.84 Å². The highest BCUT2D eigenvalue weighted by atomic mass is 16.5. The molecule has 0 radical (unpaired) electrons. The van der Waals surface area contributed by atoms with Crippen molar-refractivity contribution in [1.82, 2.24) is 0 Å². The molecule has 0 aromatic heterocycles. The smallest absolute Gasteiger partial charge is 0.328 e. The first-order valence-electron chi connectivity index (χ1n) is 4.98. The van der Waals surface area contributed by atoms with E-state index in [-0.39, 0.29) is 12.5 Å². The zero-order chi connectivity index (χ0) is 12.7. The number of amides is 1. The summed E-state index contributed by atoms with van der Waals surface area (Å²) in [6.45, 7) is 1.62. The lowest BCUT2D eigenvalue weighted by molar-refractivity contribution is -0.131. The van der Waals surface area contributed by atoms with Gasteiger partial charge in [-0.15, -0.1) is 0 Å². The Bertz CT molecular complexity index is 423. The summed E-state index contributed by atoms with van der Waals surface area (Å²) in [5.41, 5.74) is 0.686. The van der Waals surface area contributed by atoms with Gasteiger partial charge in [-0.2, -0.15) is 0 Å². The van der Waals surface area contributed by atoms with Gasteiger partial charge in [0.2, 0.25) is 5.91 Å². The summed E-state index contributed by atoms with van der Waals surface area (Å²) in [5.74, 6) is -0.535. The molecule has 1 amide bonds. The van der Waals surface area contributed by atoms with Crippen LogP contribution in [-0.2, 0) is 9.59 Å². The van der Waals surface area contributed by atoms with Crippen molar-refractivity contribution in [2.24, 2.45) is 0 Å². The van der Waals surface area contributed by atoms with E-state index in [9.17, 15) is 9.59 Å². The second kappa shape index (κ2) is 6.32. The summed E-state index contributed by atoms with van der Waals surface area (Å²) >= 11 is 0. The highest BCUT2D eigenvalue weighted by molar-refractivity contribution is 5.88. The van der Waals surface area contributed by atoms with Gasteiger partial charge in [0.25, 0.3) is 0 Å². The zero-order valence-electron chi connectivity index (χ0n) is 9.34. The predicted molar refractivity (Wildman–Crippen MR) is 63.0 cm³/mol. The number of carboxylic acids is 1. The minimum absolute atomic E-state index is 0.136. The number of rotatable bonds is 5. The summed E-state index contributed by atoms with van der Waals surface area (Å²) in [6.07, 6.45) is 2.43. The Morgan fingerprint density at radius 2 is 2.00 bits per heavy atom. The number of hydrogen-bond donors (Lipinski definition) is 2. The van der Waals surface area contributed by atoms with Crippen LogP contribution in [0.5, 0.6) is 5.75 Å². The minimum Gasteiger partial charge on any atom is -0.490 e. The van der Waals surface area contributed by atoms with Crippen LogP contribution >= 0.6 is 0 Å². The van der Waals surface area contributed by atoms with Crippen LogP contribution in [0.2, 0.25) is 0 Å². The van der Waals surface area contributed by atoms with Crippen molar-refractivity contribution in [1.29, 1.82) is 0 Å². The number of carboxylic acid groups (broad SMARTS) is 1. The normalized spacial score (nSPS) is 10.2. The molecule has 0 saturated heterocycles. The van der Waals surface area contributed by atoms with Crippen molar-refractivity contribution in [3.05, 3.63) is 36.4 Å². The molecule has 17 heavy (non-hydrogen) atoms. The van der Waals surface area contributed by atoms with Crippen molar-refractivity contribution < 1.29 is 19.4 Å². The van der Waals surface area contributed by atoms with E-state index < -0.39 is 5.97 Å². The number of hydrogen-bond acceptors (Lipinski definition) is 3. The van der Waals surface area contributed by atoms with Gasteiger partial charge in [-0.05, 0) is 30.3 Å². The summed E-state index contributed by atoms with van der Waals surface area (Å²) in [4.78, 5) is 20.9. The molecule has 90 valence electrons. The molecular weight excluding hydrogens is 222 g/mol. The Hall–Kier alpha value is -2.30. The first-order valence-corrected chi connectivity index (χ1v) is 4.98. The number of aliphatic carboxylic acids is 1. The number of benzene rings is 1. The van der Waals surface area contributed by atoms with Gasteiger partial charge in [-0.25, -0.2) is 4.79 Å². The summed E-state index contributed by atoms with van der Waals surface area (Å²) in [7, 11) is 0. The molecule has 0 aliphatic carbocycles. The van der Waals surface area contributed by atoms with Crippen molar-refractivity contribution >= 4 is 17.6 Å². The predicted octanol–water partition coefficient (Wildman–Crippen LogP) is 1.66. The van der Waals surface area contributed by atoms with Crippen LogP contribution in [0.4, 0.5) is 5.69 Å². The van der Waals surface area contributed by atoms with E-state index in [2.05, 4.69) is 5.32 Å². The van der Waals surface area contributed by atoms with Crippen molar-refractivity contribution in [3.8, 4) is 5.75 Å². The largest absolute Gasteiger partial charge is 0.490 e. The Morgan fingerprint density at radius 1 is 1.35 bits per heavy atom. The highest BCUT2D eigenvalue weighted by Gasteiger charge is 1.96. The number of carbonyl (C=O) groups excluding carboxylic acids is 1. The fourth-order valence-electron chi connectivity index (χ4n) is 1.13. The minimum atomic E-state index is -1.00. The zero-order valence-corrected chi connectivity index (χ0v) is 9.34. The van der Waals surface area contributed by atoms with Crippen molar-refractivity contribution in [2.75, 3.05) is 11.9 Å². The summed E-state index contributed by atoms with van der Waals surface area (Å²) < 4.78 is 5.25. The van der Waals surface area contributed by atoms with Crippen LogP contribution in [0.3, 0.4) is 0 Å². The average molecular weight is 235 g/mol. The van der Waals surface area contributed by atoms with Gasteiger partial charge in [0, 0.05) is 18.7 Å². The third-order valence-electron chi connectivity index (χ3n) is 1.78. The molecule has 1 aromatic rings. The molecule has 1 aromatic carbocycles. The lowest BCUT2D eigenvalue weighted by Crippen LogP contribution is -2.05. The molecule has 0 heterocycles. The lowest BCUT2D eigenvalue weighted by atomic mass is 10.3. The second-order valence-electron chi connectivity index (χ2n) is 3.26. The Labute approximate surface area is 98.7 Å². The molecule has 0 aliphatic heterocycles. The lowest BCUT2D eigenvalue weighted by Gasteiger charge is -2.05. The fourth-order valence-corrected chi connectivity index (χ4v) is 1.13. The third-order valence-corrected chi connectivity index (χ3v) is 1.78. The van der Waals surface area contributed by atoms with Crippen LogP contribution in [0.1, 0.15) is 6.92 Å². The first-order chi connectivity index (χ1) is 8.08. The average Bonchev–Trinajstić information content (AvgIpc) is 2.25. The van der Waals surface area contributed by atoms with Gasteiger partial charge in [0.1, 0.15) is 12.4 Å². The van der Waals surface area contributed by atoms with Gasteiger partial charge in [0.15, 0.2) is 0 Å². The molecule has 0 unspecified atom stereocenters. The standard InChI is InChI=1S/C12H13NO4/c1-9(14)13-10-4-6-11(7-5-10)17-8-2-3-12(15)16/h2-7H,8H2,1H3,(H,13,14)(H,15,16). The number of nitrogens with one attached hydrogen (secondary N) is 1. The van der Waals surface area contributed by atoms with Gasteiger partial charge >= 0.3 is 5.97 Å². The molecule has 5 heteroatoms. The van der Waals surface area contributed by atoms with Crippen molar-refractivity contribution in [2.45, 2.75) is 6.92 Å². The second-order valence-corrected chi connectivity index (χ2v) is 3.26. The molecule has 0 bridgehead atoms. The van der Waals surface area contributed by atoms with E-state index in [1.165, 1.54) is 13.0 Å². The van der Waals surface area contributed by atoms with E-state index in [1.807, 2.05) is 0 Å². The Balaban J connectivity index is 2.45. The van der Waals surface area contributed by atoms with Gasteiger partial charge < -0.3 is 15.2 Å². The molecule has 0 fully saturated rings. The summed E-state index contributed by atoms with van der Waals surface area (Å²) in [6, 6.07) is 6.80. The monoisotopic (exact) mass is 235 g/mol. The topological polar surface area (TPSA) is 75.6 Å². The fraction of sp³-hybridized carbons (Fsp3) is 0.167. The molecule has 1 rings (SSSR count). The van der Waals surface area contributed by atoms with Crippen LogP contribution < -0.4 is 10.1 Å². The highest BCUT2D eigenvalue weighted by Crippen LogP contribution is 2.15. The molecule has 0 spiro atoms. The maximum atomic E-state index is 10.8. The van der Waals surface area contributed by atoms with E-state index in [1.54, 1.807) is 24.3 Å². The maximum Gasteiger partial charge on any atom is 0.328 e. The van der Waals surface area contributed by atoms with Gasteiger partial charge in [-0.3, -0.25) is 4.79 Å². The van der Waals surface area contributed by atoms with Crippen LogP contribution in [0, 0.1) is 0 Å².